The van der Waals surface area contributed by atoms with Crippen molar-refractivity contribution < 1.29 is 8.42 Å². The summed E-state index contributed by atoms with van der Waals surface area (Å²) in [5.74, 6) is 0.511. The Balaban J connectivity index is 1.79. The summed E-state index contributed by atoms with van der Waals surface area (Å²) in [6.45, 7) is 1.73. The number of rotatable bonds is 4. The second-order valence-corrected chi connectivity index (χ2v) is 7.72. The number of aromatic nitrogens is 2. The molecule has 1 aliphatic carbocycles. The number of hydrogen-bond donors (Lipinski definition) is 1. The van der Waals surface area contributed by atoms with Crippen molar-refractivity contribution in [1.82, 2.24) is 9.97 Å². The molecule has 0 atom stereocenters. The van der Waals surface area contributed by atoms with Gasteiger partial charge in [-0.05, 0) is 43.5 Å². The van der Waals surface area contributed by atoms with E-state index in [1.807, 2.05) is 24.3 Å². The van der Waals surface area contributed by atoms with E-state index in [1.54, 1.807) is 25.1 Å². The van der Waals surface area contributed by atoms with Crippen LogP contribution in [-0.2, 0) is 10.0 Å². The van der Waals surface area contributed by atoms with Crippen LogP contribution in [-0.4, -0.2) is 18.4 Å². The lowest BCUT2D eigenvalue weighted by atomic mass is 10.1. The number of anilines is 1. The Kier molecular flexibility index (Phi) is 3.49. The highest BCUT2D eigenvalue weighted by molar-refractivity contribution is 7.92. The normalized spacial score (nSPS) is 14.7. The zero-order valence-corrected chi connectivity index (χ0v) is 14.0. The smallest absolute Gasteiger partial charge is 0.276 e. The summed E-state index contributed by atoms with van der Waals surface area (Å²) in [6.07, 6.45) is 3.78. The number of nitrogens with zero attached hydrogens (tertiary/aromatic N) is 2. The fourth-order valence-corrected chi connectivity index (χ4v) is 4.04. The van der Waals surface area contributed by atoms with Gasteiger partial charge in [0.05, 0.1) is 11.2 Å². The third-order valence-electron chi connectivity index (χ3n) is 4.20. The van der Waals surface area contributed by atoms with Crippen LogP contribution in [0.2, 0.25) is 0 Å². The maximum absolute atomic E-state index is 12.7. The van der Waals surface area contributed by atoms with Crippen LogP contribution >= 0.6 is 0 Å². The molecule has 24 heavy (non-hydrogen) atoms. The van der Waals surface area contributed by atoms with Crippen molar-refractivity contribution in [1.29, 1.82) is 0 Å². The lowest BCUT2D eigenvalue weighted by Gasteiger charge is -2.11. The van der Waals surface area contributed by atoms with Crippen molar-refractivity contribution in [3.63, 3.8) is 0 Å². The molecule has 6 heteroatoms. The third kappa shape index (κ3) is 2.73. The Labute approximate surface area is 140 Å². The standard InChI is InChI=1S/C18H17N3O2S/c1-12-4-3-11-19-18(12)24(22,23)21-16-6-2-5-14-9-10-15(13-7-8-13)20-17(14)16/h2-6,9-11,13,21H,7-8H2,1H3. The summed E-state index contributed by atoms with van der Waals surface area (Å²) < 4.78 is 28.0. The topological polar surface area (TPSA) is 72.0 Å². The second-order valence-electron chi connectivity index (χ2n) is 6.12. The molecule has 1 N–H and O–H groups in total. The average molecular weight is 339 g/mol. The molecular weight excluding hydrogens is 322 g/mol. The summed E-state index contributed by atoms with van der Waals surface area (Å²) in [7, 11) is -3.75. The van der Waals surface area contributed by atoms with Gasteiger partial charge >= 0.3 is 0 Å². The van der Waals surface area contributed by atoms with E-state index in [-0.39, 0.29) is 5.03 Å². The number of fused-ring (bicyclic) bond motifs is 1. The monoisotopic (exact) mass is 339 g/mol. The van der Waals surface area contributed by atoms with Gasteiger partial charge in [-0.3, -0.25) is 9.71 Å². The summed E-state index contributed by atoms with van der Waals surface area (Å²) in [4.78, 5) is 8.70. The lowest BCUT2D eigenvalue weighted by molar-refractivity contribution is 0.597. The zero-order valence-electron chi connectivity index (χ0n) is 13.2. The van der Waals surface area contributed by atoms with Gasteiger partial charge in [0.2, 0.25) is 0 Å². The van der Waals surface area contributed by atoms with Crippen LogP contribution in [0.1, 0.15) is 30.0 Å². The number of benzene rings is 1. The van der Waals surface area contributed by atoms with E-state index < -0.39 is 10.0 Å². The second kappa shape index (κ2) is 5.56. The summed E-state index contributed by atoms with van der Waals surface area (Å²) in [5.41, 5.74) is 2.80. The first-order valence-electron chi connectivity index (χ1n) is 7.89. The molecule has 1 aromatic carbocycles. The minimum Gasteiger partial charge on any atom is -0.276 e. The van der Waals surface area contributed by atoms with E-state index in [1.165, 1.54) is 6.20 Å². The van der Waals surface area contributed by atoms with Crippen molar-refractivity contribution >= 4 is 26.6 Å². The van der Waals surface area contributed by atoms with Crippen LogP contribution in [0, 0.1) is 6.92 Å². The molecule has 122 valence electrons. The summed E-state index contributed by atoms with van der Waals surface area (Å²) in [5, 5.41) is 0.956. The molecule has 0 saturated heterocycles. The van der Waals surface area contributed by atoms with E-state index in [2.05, 4.69) is 9.71 Å². The van der Waals surface area contributed by atoms with Gasteiger partial charge in [0.15, 0.2) is 5.03 Å². The highest BCUT2D eigenvalue weighted by atomic mass is 32.2. The molecule has 1 saturated carbocycles. The van der Waals surface area contributed by atoms with Gasteiger partial charge in [-0.2, -0.15) is 8.42 Å². The molecule has 1 fully saturated rings. The van der Waals surface area contributed by atoms with Crippen molar-refractivity contribution in [2.24, 2.45) is 0 Å². The summed E-state index contributed by atoms with van der Waals surface area (Å²) >= 11 is 0. The van der Waals surface area contributed by atoms with Gasteiger partial charge in [0.1, 0.15) is 0 Å². The van der Waals surface area contributed by atoms with E-state index in [4.69, 9.17) is 4.98 Å². The van der Waals surface area contributed by atoms with Crippen molar-refractivity contribution in [2.75, 3.05) is 4.72 Å². The molecule has 4 rings (SSSR count). The molecule has 5 nitrogen and oxygen atoms in total. The van der Waals surface area contributed by atoms with Gasteiger partial charge in [-0.15, -0.1) is 0 Å². The third-order valence-corrected chi connectivity index (χ3v) is 5.62. The molecular formula is C18H17N3O2S. The highest BCUT2D eigenvalue weighted by Gasteiger charge is 2.25. The first kappa shape index (κ1) is 15.1. The van der Waals surface area contributed by atoms with E-state index in [0.29, 0.717) is 22.7 Å². The Morgan fingerprint density at radius 2 is 1.92 bits per heavy atom. The number of aryl methyl sites for hydroxylation is 1. The van der Waals surface area contributed by atoms with Crippen LogP contribution in [0.3, 0.4) is 0 Å². The SMILES string of the molecule is Cc1cccnc1S(=O)(=O)Nc1cccc2ccc(C3CC3)nc12. The zero-order chi connectivity index (χ0) is 16.7. The van der Waals surface area contributed by atoms with Crippen molar-refractivity contribution in [3.05, 3.63) is 59.9 Å². The molecule has 2 aromatic heterocycles. The largest absolute Gasteiger partial charge is 0.279 e. The number of hydrogen-bond acceptors (Lipinski definition) is 4. The van der Waals surface area contributed by atoms with Crippen LogP contribution < -0.4 is 4.72 Å². The molecule has 0 aliphatic heterocycles. The first-order chi connectivity index (χ1) is 11.5. The molecule has 0 amide bonds. The van der Waals surface area contributed by atoms with Crippen LogP contribution in [0.4, 0.5) is 5.69 Å². The Morgan fingerprint density at radius 1 is 1.08 bits per heavy atom. The van der Waals surface area contributed by atoms with Gasteiger partial charge in [0.25, 0.3) is 10.0 Å². The number of para-hydroxylation sites is 1. The van der Waals surface area contributed by atoms with Gasteiger partial charge in [-0.25, -0.2) is 4.98 Å². The van der Waals surface area contributed by atoms with Crippen molar-refractivity contribution in [3.8, 4) is 0 Å². The van der Waals surface area contributed by atoms with Gasteiger partial charge in [-0.1, -0.05) is 24.3 Å². The molecule has 0 bridgehead atoms. The minimum atomic E-state index is -3.75. The number of nitrogens with one attached hydrogen (secondary N) is 1. The van der Waals surface area contributed by atoms with E-state index in [9.17, 15) is 8.42 Å². The quantitative estimate of drug-likeness (QED) is 0.788. The molecule has 0 radical (unpaired) electrons. The molecule has 3 aromatic rings. The maximum atomic E-state index is 12.7. The summed E-state index contributed by atoms with van der Waals surface area (Å²) in [6, 6.07) is 13.0. The molecule has 2 heterocycles. The molecule has 0 unspecified atom stereocenters. The predicted molar refractivity (Wildman–Crippen MR) is 93.5 cm³/mol. The number of sulfonamides is 1. The Hall–Kier alpha value is -2.47. The van der Waals surface area contributed by atoms with Crippen molar-refractivity contribution in [2.45, 2.75) is 30.7 Å². The lowest BCUT2D eigenvalue weighted by Crippen LogP contribution is -2.16. The van der Waals surface area contributed by atoms with Crippen LogP contribution in [0.25, 0.3) is 10.9 Å². The average Bonchev–Trinajstić information content (AvgIpc) is 3.40. The fraction of sp³-hybridized carbons (Fsp3) is 0.222. The van der Waals surface area contributed by atoms with Crippen LogP contribution in [0.5, 0.6) is 0 Å². The van der Waals surface area contributed by atoms with E-state index in [0.717, 1.165) is 23.9 Å². The minimum absolute atomic E-state index is 0.0420. The maximum Gasteiger partial charge on any atom is 0.279 e. The molecule has 0 spiro atoms. The fourth-order valence-electron chi connectivity index (χ4n) is 2.80. The highest BCUT2D eigenvalue weighted by Crippen LogP contribution is 2.40. The first-order valence-corrected chi connectivity index (χ1v) is 9.37. The number of pyridine rings is 2. The predicted octanol–water partition coefficient (Wildman–Crippen LogP) is 3.62. The Morgan fingerprint density at radius 3 is 2.67 bits per heavy atom. The molecule has 1 aliphatic rings. The van der Waals surface area contributed by atoms with Gasteiger partial charge in [0, 0.05) is 23.2 Å². The Bertz CT molecular complexity index is 1030. The van der Waals surface area contributed by atoms with E-state index >= 15 is 0 Å². The van der Waals surface area contributed by atoms with Gasteiger partial charge < -0.3 is 0 Å². The van der Waals surface area contributed by atoms with Crippen LogP contribution in [0.15, 0.2) is 53.7 Å².